The topological polar surface area (TPSA) is 17.1 Å². The number of benzene rings is 1. The molecule has 1 aromatic rings. The van der Waals surface area contributed by atoms with Crippen molar-refractivity contribution in [3.8, 4) is 0 Å². The molecule has 0 atom stereocenters. The first-order valence-corrected chi connectivity index (χ1v) is 3.65. The van der Waals surface area contributed by atoms with Crippen molar-refractivity contribution in [3.63, 3.8) is 0 Å². The summed E-state index contributed by atoms with van der Waals surface area (Å²) in [4.78, 5) is 10.4. The second kappa shape index (κ2) is 3.67. The van der Waals surface area contributed by atoms with Crippen LogP contribution in [0.4, 0.5) is 0 Å². The highest BCUT2D eigenvalue weighted by molar-refractivity contribution is 6.07. The minimum atomic E-state index is 0.491. The molecule has 1 rings (SSSR count). The molecule has 0 heterocycles. The Balaban J connectivity index is 3.21. The van der Waals surface area contributed by atoms with Crippen molar-refractivity contribution in [2.75, 3.05) is 0 Å². The monoisotopic (exact) mass is 158 g/mol. The summed E-state index contributed by atoms with van der Waals surface area (Å²) >= 11 is 0. The SMILES string of the molecule is C=Cc1ccccc1C(=C)C=O. The molecule has 0 aliphatic heterocycles. The number of aldehydes is 1. The van der Waals surface area contributed by atoms with Gasteiger partial charge in [-0.2, -0.15) is 0 Å². The predicted molar refractivity (Wildman–Crippen MR) is 51.6 cm³/mol. The van der Waals surface area contributed by atoms with E-state index in [0.29, 0.717) is 5.57 Å². The Kier molecular flexibility index (Phi) is 2.59. The molecule has 0 radical (unpaired) electrons. The Morgan fingerprint density at radius 1 is 1.33 bits per heavy atom. The van der Waals surface area contributed by atoms with E-state index in [0.717, 1.165) is 17.4 Å². The van der Waals surface area contributed by atoms with Crippen LogP contribution in [0.3, 0.4) is 0 Å². The van der Waals surface area contributed by atoms with Gasteiger partial charge in [-0.3, -0.25) is 4.79 Å². The van der Waals surface area contributed by atoms with Gasteiger partial charge in [-0.25, -0.2) is 0 Å². The average molecular weight is 158 g/mol. The molecule has 1 heteroatoms. The molecule has 1 aromatic carbocycles. The minimum Gasteiger partial charge on any atom is -0.298 e. The quantitative estimate of drug-likeness (QED) is 0.488. The Bertz CT molecular complexity index is 324. The van der Waals surface area contributed by atoms with Gasteiger partial charge in [0.05, 0.1) is 0 Å². The third-order valence-corrected chi connectivity index (χ3v) is 1.67. The average Bonchev–Trinajstić information content (AvgIpc) is 2.16. The predicted octanol–water partition coefficient (Wildman–Crippen LogP) is 2.54. The van der Waals surface area contributed by atoms with E-state index in [1.165, 1.54) is 0 Å². The highest BCUT2D eigenvalue weighted by atomic mass is 16.1. The number of hydrogen-bond acceptors (Lipinski definition) is 1. The molecule has 0 saturated heterocycles. The zero-order valence-electron chi connectivity index (χ0n) is 6.79. The van der Waals surface area contributed by atoms with Gasteiger partial charge < -0.3 is 0 Å². The Morgan fingerprint density at radius 2 is 2.00 bits per heavy atom. The molecular weight excluding hydrogens is 148 g/mol. The van der Waals surface area contributed by atoms with Crippen molar-refractivity contribution in [2.24, 2.45) is 0 Å². The largest absolute Gasteiger partial charge is 0.298 e. The van der Waals surface area contributed by atoms with Gasteiger partial charge in [0.15, 0.2) is 0 Å². The number of rotatable bonds is 3. The molecule has 1 nitrogen and oxygen atoms in total. The van der Waals surface area contributed by atoms with Gasteiger partial charge in [-0.05, 0) is 11.1 Å². The smallest absolute Gasteiger partial charge is 0.150 e. The first kappa shape index (κ1) is 8.47. The third-order valence-electron chi connectivity index (χ3n) is 1.67. The van der Waals surface area contributed by atoms with Gasteiger partial charge in [0.25, 0.3) is 0 Å². The van der Waals surface area contributed by atoms with Crippen LogP contribution in [0, 0.1) is 0 Å². The summed E-state index contributed by atoms with van der Waals surface area (Å²) in [5.41, 5.74) is 2.28. The lowest BCUT2D eigenvalue weighted by Crippen LogP contribution is -1.87. The lowest BCUT2D eigenvalue weighted by molar-refractivity contribution is -0.103. The van der Waals surface area contributed by atoms with Crippen molar-refractivity contribution in [2.45, 2.75) is 0 Å². The van der Waals surface area contributed by atoms with Crippen LogP contribution in [0.5, 0.6) is 0 Å². The summed E-state index contributed by atoms with van der Waals surface area (Å²) in [6.45, 7) is 7.29. The maximum absolute atomic E-state index is 10.4. The van der Waals surface area contributed by atoms with E-state index >= 15 is 0 Å². The molecule has 0 spiro atoms. The van der Waals surface area contributed by atoms with Gasteiger partial charge in [0, 0.05) is 5.57 Å². The fourth-order valence-corrected chi connectivity index (χ4v) is 1.03. The van der Waals surface area contributed by atoms with E-state index in [2.05, 4.69) is 13.2 Å². The van der Waals surface area contributed by atoms with Gasteiger partial charge in [0.2, 0.25) is 0 Å². The Hall–Kier alpha value is -1.63. The van der Waals surface area contributed by atoms with E-state index in [-0.39, 0.29) is 0 Å². The summed E-state index contributed by atoms with van der Waals surface area (Å²) in [6, 6.07) is 7.53. The van der Waals surface area contributed by atoms with E-state index in [9.17, 15) is 4.79 Å². The molecule has 60 valence electrons. The van der Waals surface area contributed by atoms with Crippen LogP contribution in [0.25, 0.3) is 11.6 Å². The summed E-state index contributed by atoms with van der Waals surface area (Å²) < 4.78 is 0. The van der Waals surface area contributed by atoms with Crippen LogP contribution in [-0.4, -0.2) is 6.29 Å². The van der Waals surface area contributed by atoms with E-state index < -0.39 is 0 Å². The van der Waals surface area contributed by atoms with Gasteiger partial charge >= 0.3 is 0 Å². The van der Waals surface area contributed by atoms with Gasteiger partial charge in [-0.1, -0.05) is 43.5 Å². The Morgan fingerprint density at radius 3 is 2.58 bits per heavy atom. The van der Waals surface area contributed by atoms with Crippen molar-refractivity contribution in [1.82, 2.24) is 0 Å². The highest BCUT2D eigenvalue weighted by Gasteiger charge is 2.00. The summed E-state index contributed by atoms with van der Waals surface area (Å²) in [5.74, 6) is 0. The van der Waals surface area contributed by atoms with Crippen LogP contribution in [0.2, 0.25) is 0 Å². The van der Waals surface area contributed by atoms with E-state index in [1.807, 2.05) is 24.3 Å². The maximum atomic E-state index is 10.4. The highest BCUT2D eigenvalue weighted by Crippen LogP contribution is 2.16. The van der Waals surface area contributed by atoms with Crippen LogP contribution < -0.4 is 0 Å². The molecule has 0 fully saturated rings. The number of carbonyl (C=O) groups excluding carboxylic acids is 1. The van der Waals surface area contributed by atoms with E-state index in [4.69, 9.17) is 0 Å². The first-order chi connectivity index (χ1) is 5.79. The molecule has 0 N–H and O–H groups in total. The first-order valence-electron chi connectivity index (χ1n) is 3.65. The van der Waals surface area contributed by atoms with Gasteiger partial charge in [-0.15, -0.1) is 0 Å². The summed E-state index contributed by atoms with van der Waals surface area (Å²) in [5, 5.41) is 0. The lowest BCUT2D eigenvalue weighted by Gasteiger charge is -2.02. The molecule has 0 unspecified atom stereocenters. The van der Waals surface area contributed by atoms with Crippen LogP contribution >= 0.6 is 0 Å². The molecule has 0 bridgehead atoms. The zero-order valence-corrected chi connectivity index (χ0v) is 6.79. The van der Waals surface area contributed by atoms with Crippen molar-refractivity contribution in [3.05, 3.63) is 48.6 Å². The Labute approximate surface area is 72.0 Å². The molecule has 12 heavy (non-hydrogen) atoms. The molecular formula is C11H10O. The lowest BCUT2D eigenvalue weighted by atomic mass is 10.0. The minimum absolute atomic E-state index is 0.491. The molecule has 0 aromatic heterocycles. The second-order valence-electron chi connectivity index (χ2n) is 2.43. The number of allylic oxidation sites excluding steroid dienone is 1. The zero-order chi connectivity index (χ0) is 8.97. The third kappa shape index (κ3) is 1.51. The standard InChI is InChI=1S/C11H10O/c1-3-10-6-4-5-7-11(10)9(2)8-12/h3-8H,1-2H2. The fourth-order valence-electron chi connectivity index (χ4n) is 1.03. The van der Waals surface area contributed by atoms with Crippen LogP contribution in [-0.2, 0) is 4.79 Å². The normalized spacial score (nSPS) is 9.00. The summed E-state index contributed by atoms with van der Waals surface area (Å²) in [7, 11) is 0. The number of carbonyl (C=O) groups is 1. The van der Waals surface area contributed by atoms with E-state index in [1.54, 1.807) is 6.08 Å². The molecule has 0 aliphatic carbocycles. The van der Waals surface area contributed by atoms with Crippen LogP contribution in [0.1, 0.15) is 11.1 Å². The van der Waals surface area contributed by atoms with Crippen LogP contribution in [0.15, 0.2) is 37.4 Å². The molecule has 0 aliphatic rings. The molecule has 0 saturated carbocycles. The second-order valence-corrected chi connectivity index (χ2v) is 2.43. The van der Waals surface area contributed by atoms with Crippen molar-refractivity contribution >= 4 is 17.9 Å². The fraction of sp³-hybridized carbons (Fsp3) is 0. The molecule has 0 amide bonds. The van der Waals surface area contributed by atoms with Crippen molar-refractivity contribution < 1.29 is 4.79 Å². The van der Waals surface area contributed by atoms with Crippen molar-refractivity contribution in [1.29, 1.82) is 0 Å². The van der Waals surface area contributed by atoms with Gasteiger partial charge in [0.1, 0.15) is 6.29 Å². The maximum Gasteiger partial charge on any atom is 0.150 e. The summed E-state index contributed by atoms with van der Waals surface area (Å²) in [6.07, 6.45) is 2.46. The number of hydrogen-bond donors (Lipinski definition) is 0.